The molecule has 174 valence electrons. The third-order valence-electron chi connectivity index (χ3n) is 4.64. The molecule has 2 rings (SSSR count). The largest absolute Gasteiger partial charge is 0.498 e. The molecule has 0 aromatic heterocycles. The van der Waals surface area contributed by atoms with Gasteiger partial charge in [0.25, 0.3) is 0 Å². The highest BCUT2D eigenvalue weighted by atomic mass is 32.2. The lowest BCUT2D eigenvalue weighted by Gasteiger charge is -2.20. The van der Waals surface area contributed by atoms with Crippen LogP contribution in [0.25, 0.3) is 0 Å². The number of aryl methyl sites for hydroxylation is 1. The summed E-state index contributed by atoms with van der Waals surface area (Å²) < 4.78 is 54.1. The highest BCUT2D eigenvalue weighted by Gasteiger charge is 2.34. The summed E-state index contributed by atoms with van der Waals surface area (Å²) in [6.45, 7) is 4.01. The average Bonchev–Trinajstić information content (AvgIpc) is 2.75. The Kier molecular flexibility index (Phi) is 9.97. The van der Waals surface area contributed by atoms with Gasteiger partial charge in [-0.2, -0.15) is 18.4 Å². The lowest BCUT2D eigenvalue weighted by molar-refractivity contribution is -0.145. The molecule has 1 aromatic carbocycles. The second kappa shape index (κ2) is 12.4. The number of nitriles is 1. The zero-order valence-electron chi connectivity index (χ0n) is 18.0. The van der Waals surface area contributed by atoms with Crippen LogP contribution in [0.15, 0.2) is 46.6 Å². The minimum Gasteiger partial charge on any atom is -0.498 e. The van der Waals surface area contributed by atoms with Crippen molar-refractivity contribution in [3.63, 3.8) is 0 Å². The normalized spacial score (nSPS) is 14.6. The van der Waals surface area contributed by atoms with Crippen molar-refractivity contribution in [3.05, 3.63) is 47.2 Å². The summed E-state index contributed by atoms with van der Waals surface area (Å²) in [5.41, 5.74) is 0.311. The molecule has 1 aromatic rings. The molecule has 0 bridgehead atoms. The third-order valence-corrected chi connectivity index (χ3v) is 5.87. The number of halogens is 3. The molecule has 1 atom stereocenters. The molecule has 0 fully saturated rings. The first-order valence-corrected chi connectivity index (χ1v) is 11.2. The van der Waals surface area contributed by atoms with Gasteiger partial charge < -0.3 is 14.2 Å². The zero-order chi connectivity index (χ0) is 23.6. The Morgan fingerprint density at radius 3 is 2.62 bits per heavy atom. The number of esters is 1. The van der Waals surface area contributed by atoms with Crippen LogP contribution in [0.5, 0.6) is 5.75 Å². The highest BCUT2D eigenvalue weighted by molar-refractivity contribution is 7.99. The first-order chi connectivity index (χ1) is 15.2. The molecule has 0 saturated heterocycles. The number of hydrogen-bond acceptors (Lipinski definition) is 6. The molecule has 1 unspecified atom stereocenters. The number of allylic oxidation sites excluding steroid dienone is 4. The van der Waals surface area contributed by atoms with E-state index in [0.717, 1.165) is 16.5 Å². The molecule has 1 aliphatic rings. The smallest absolute Gasteiger partial charge is 0.412 e. The van der Waals surface area contributed by atoms with E-state index in [9.17, 15) is 18.0 Å². The number of carbonyl (C=O) groups is 1. The van der Waals surface area contributed by atoms with Crippen LogP contribution in [0.4, 0.5) is 13.2 Å². The third kappa shape index (κ3) is 8.50. The van der Waals surface area contributed by atoms with Crippen molar-refractivity contribution < 1.29 is 32.2 Å². The lowest BCUT2D eigenvalue weighted by atomic mass is 10.0. The number of ether oxygens (including phenoxy) is 3. The second-order valence-electron chi connectivity index (χ2n) is 7.19. The van der Waals surface area contributed by atoms with Crippen LogP contribution in [-0.2, 0) is 14.3 Å². The standard InChI is InChI=1S/C23H26F3NO4S/c1-3-29-22(28)14-31-21-9-8-20(12-16(21)2)32-15-17(10-11-27)13-30-19-6-4-18(5-7-19)23(24,25)26/h4,6,8-9,12,17H,3,5,7,10,13-15H2,1-2H3. The Hall–Kier alpha value is -2.60. The minimum atomic E-state index is -4.31. The first-order valence-electron chi connectivity index (χ1n) is 10.2. The van der Waals surface area contributed by atoms with Crippen molar-refractivity contribution in [2.45, 2.75) is 44.2 Å². The summed E-state index contributed by atoms with van der Waals surface area (Å²) in [4.78, 5) is 12.4. The van der Waals surface area contributed by atoms with Crippen molar-refractivity contribution in [2.75, 3.05) is 25.6 Å². The van der Waals surface area contributed by atoms with Gasteiger partial charge in [-0.1, -0.05) is 6.08 Å². The van der Waals surface area contributed by atoms with E-state index in [-0.39, 0.29) is 38.4 Å². The maximum absolute atomic E-state index is 12.7. The van der Waals surface area contributed by atoms with Crippen molar-refractivity contribution in [1.82, 2.24) is 0 Å². The lowest BCUT2D eigenvalue weighted by Crippen LogP contribution is -2.16. The highest BCUT2D eigenvalue weighted by Crippen LogP contribution is 2.33. The van der Waals surface area contributed by atoms with Crippen molar-refractivity contribution >= 4 is 17.7 Å². The van der Waals surface area contributed by atoms with E-state index < -0.39 is 17.7 Å². The summed E-state index contributed by atoms with van der Waals surface area (Å²) in [5, 5.41) is 9.10. The number of benzene rings is 1. The van der Waals surface area contributed by atoms with Crippen molar-refractivity contribution in [3.8, 4) is 11.8 Å². The van der Waals surface area contributed by atoms with E-state index >= 15 is 0 Å². The Morgan fingerprint density at radius 2 is 2.03 bits per heavy atom. The van der Waals surface area contributed by atoms with E-state index in [1.165, 1.54) is 6.08 Å². The Bertz CT molecular complexity index is 890. The second-order valence-corrected chi connectivity index (χ2v) is 8.29. The molecule has 0 spiro atoms. The molecule has 1 aliphatic carbocycles. The van der Waals surface area contributed by atoms with E-state index in [2.05, 4.69) is 6.07 Å². The van der Waals surface area contributed by atoms with Gasteiger partial charge in [-0.25, -0.2) is 4.79 Å². The number of alkyl halides is 3. The zero-order valence-corrected chi connectivity index (χ0v) is 18.9. The number of rotatable bonds is 11. The molecule has 0 heterocycles. The summed E-state index contributed by atoms with van der Waals surface area (Å²) >= 11 is 1.56. The Labute approximate surface area is 190 Å². The average molecular weight is 470 g/mol. The maximum Gasteiger partial charge on any atom is 0.412 e. The predicted octanol–water partition coefficient (Wildman–Crippen LogP) is 5.74. The van der Waals surface area contributed by atoms with E-state index in [4.69, 9.17) is 19.5 Å². The predicted molar refractivity (Wildman–Crippen MR) is 115 cm³/mol. The number of thioether (sulfide) groups is 1. The number of hydrogen-bond donors (Lipinski definition) is 0. The van der Waals surface area contributed by atoms with E-state index in [0.29, 0.717) is 23.9 Å². The van der Waals surface area contributed by atoms with E-state index in [1.807, 2.05) is 19.1 Å². The van der Waals surface area contributed by atoms with Gasteiger partial charge >= 0.3 is 12.1 Å². The molecule has 0 saturated carbocycles. The molecule has 0 N–H and O–H groups in total. The Balaban J connectivity index is 1.86. The van der Waals surface area contributed by atoms with Crippen LogP contribution in [0, 0.1) is 24.2 Å². The molecule has 0 aliphatic heterocycles. The summed E-state index contributed by atoms with van der Waals surface area (Å²) in [6, 6.07) is 7.73. The molecule has 0 radical (unpaired) electrons. The van der Waals surface area contributed by atoms with Gasteiger partial charge in [0.05, 0.1) is 25.0 Å². The van der Waals surface area contributed by atoms with Gasteiger partial charge in [-0.3, -0.25) is 0 Å². The SMILES string of the molecule is CCOC(=O)COc1ccc(SCC(CC#N)COC2=CC=C(C(F)(F)F)CC2)cc1C. The van der Waals surface area contributed by atoms with Crippen LogP contribution in [0.2, 0.25) is 0 Å². The van der Waals surface area contributed by atoms with Gasteiger partial charge in [-0.15, -0.1) is 11.8 Å². The summed E-state index contributed by atoms with van der Waals surface area (Å²) in [5.74, 6) is 1.22. The quantitative estimate of drug-likeness (QED) is 0.304. The van der Waals surface area contributed by atoms with Crippen LogP contribution < -0.4 is 4.74 Å². The Morgan fingerprint density at radius 1 is 1.25 bits per heavy atom. The number of nitrogens with zero attached hydrogens (tertiary/aromatic N) is 1. The van der Waals surface area contributed by atoms with Gasteiger partial charge in [-0.05, 0) is 50.1 Å². The van der Waals surface area contributed by atoms with E-state index in [1.54, 1.807) is 24.8 Å². The van der Waals surface area contributed by atoms with Crippen molar-refractivity contribution in [2.24, 2.45) is 5.92 Å². The molecule has 32 heavy (non-hydrogen) atoms. The van der Waals surface area contributed by atoms with Crippen LogP contribution in [-0.4, -0.2) is 37.7 Å². The molecule has 5 nitrogen and oxygen atoms in total. The topological polar surface area (TPSA) is 68.5 Å². The summed E-state index contributed by atoms with van der Waals surface area (Å²) in [7, 11) is 0. The van der Waals surface area contributed by atoms with Gasteiger partial charge in [0, 0.05) is 35.0 Å². The molecular formula is C23H26F3NO4S. The molecule has 9 heteroatoms. The first kappa shape index (κ1) is 25.7. The van der Waals surface area contributed by atoms with Crippen molar-refractivity contribution in [1.29, 1.82) is 5.26 Å². The maximum atomic E-state index is 12.7. The fourth-order valence-corrected chi connectivity index (χ4v) is 3.99. The van der Waals surface area contributed by atoms with Crippen LogP contribution in [0.3, 0.4) is 0 Å². The number of carbonyl (C=O) groups excluding carboxylic acids is 1. The van der Waals surface area contributed by atoms with Gasteiger partial charge in [0.2, 0.25) is 0 Å². The monoisotopic (exact) mass is 469 g/mol. The van der Waals surface area contributed by atoms with Gasteiger partial charge in [0.1, 0.15) is 5.75 Å². The van der Waals surface area contributed by atoms with Gasteiger partial charge in [0.15, 0.2) is 6.61 Å². The molecule has 0 amide bonds. The summed E-state index contributed by atoms with van der Waals surface area (Å²) in [6.07, 6.45) is -1.51. The van der Waals surface area contributed by atoms with Crippen LogP contribution in [0.1, 0.15) is 31.7 Å². The van der Waals surface area contributed by atoms with Crippen LogP contribution >= 0.6 is 11.8 Å². The minimum absolute atomic E-state index is 0.0704. The molecular weight excluding hydrogens is 443 g/mol. The fraction of sp³-hybridized carbons (Fsp3) is 0.478. The fourth-order valence-electron chi connectivity index (χ4n) is 2.92.